The SMILES string of the molecule is COc1ccc2c3c(ccc2c1)C=CCC3. The Balaban J connectivity index is 2.29. The second kappa shape index (κ2) is 3.67. The summed E-state index contributed by atoms with van der Waals surface area (Å²) in [5.41, 5.74) is 2.84. The Labute approximate surface area is 95.4 Å². The number of hydrogen-bond acceptors (Lipinski definition) is 1. The fraction of sp³-hybridized carbons (Fsp3) is 0.200. The van der Waals surface area contributed by atoms with Gasteiger partial charge in [0.1, 0.15) is 5.75 Å². The first-order chi connectivity index (χ1) is 7.88. The molecule has 1 aliphatic carbocycles. The minimum atomic E-state index is 0.929. The van der Waals surface area contributed by atoms with Crippen molar-refractivity contribution < 1.29 is 4.74 Å². The monoisotopic (exact) mass is 210 g/mol. The Morgan fingerprint density at radius 3 is 2.94 bits per heavy atom. The Kier molecular flexibility index (Phi) is 2.17. The molecule has 0 atom stereocenters. The first-order valence-corrected chi connectivity index (χ1v) is 5.64. The summed E-state index contributed by atoms with van der Waals surface area (Å²) in [6.07, 6.45) is 6.77. The molecule has 0 aromatic heterocycles. The number of allylic oxidation sites excluding steroid dienone is 1. The van der Waals surface area contributed by atoms with Crippen molar-refractivity contribution in [3.05, 3.63) is 47.5 Å². The van der Waals surface area contributed by atoms with E-state index >= 15 is 0 Å². The maximum absolute atomic E-state index is 5.25. The van der Waals surface area contributed by atoms with Crippen molar-refractivity contribution in [3.63, 3.8) is 0 Å². The number of methoxy groups -OCH3 is 1. The fourth-order valence-electron chi connectivity index (χ4n) is 2.39. The highest BCUT2D eigenvalue weighted by atomic mass is 16.5. The fourth-order valence-corrected chi connectivity index (χ4v) is 2.39. The maximum atomic E-state index is 5.25. The van der Waals surface area contributed by atoms with Gasteiger partial charge in [0, 0.05) is 0 Å². The Morgan fingerprint density at radius 1 is 1.12 bits per heavy atom. The van der Waals surface area contributed by atoms with Crippen LogP contribution in [0.15, 0.2) is 36.4 Å². The van der Waals surface area contributed by atoms with E-state index in [0.717, 1.165) is 18.6 Å². The molecular formula is C15H14O. The van der Waals surface area contributed by atoms with Crippen LogP contribution in [0.5, 0.6) is 5.75 Å². The standard InChI is InChI=1S/C15H14O/c1-16-13-8-9-15-12(10-13)7-6-11-4-2-3-5-14(11)15/h2,4,6-10H,3,5H2,1H3. The van der Waals surface area contributed by atoms with Crippen LogP contribution in [0.4, 0.5) is 0 Å². The van der Waals surface area contributed by atoms with Crippen LogP contribution in [0, 0.1) is 0 Å². The van der Waals surface area contributed by atoms with Crippen LogP contribution < -0.4 is 4.74 Å². The van der Waals surface area contributed by atoms with Crippen molar-refractivity contribution >= 4 is 16.8 Å². The molecule has 1 aliphatic rings. The van der Waals surface area contributed by atoms with Crippen LogP contribution in [0.2, 0.25) is 0 Å². The molecule has 2 aromatic rings. The van der Waals surface area contributed by atoms with Gasteiger partial charge in [-0.3, -0.25) is 0 Å². The summed E-state index contributed by atoms with van der Waals surface area (Å²) in [5.74, 6) is 0.929. The summed E-state index contributed by atoms with van der Waals surface area (Å²) in [7, 11) is 1.71. The van der Waals surface area contributed by atoms with Crippen LogP contribution in [0.1, 0.15) is 17.5 Å². The molecule has 0 bridgehead atoms. The predicted molar refractivity (Wildman–Crippen MR) is 67.9 cm³/mol. The van der Waals surface area contributed by atoms with Crippen LogP contribution in [0.3, 0.4) is 0 Å². The lowest BCUT2D eigenvalue weighted by atomic mass is 9.92. The highest BCUT2D eigenvalue weighted by Crippen LogP contribution is 2.30. The summed E-state index contributed by atoms with van der Waals surface area (Å²) in [5, 5.41) is 2.64. The van der Waals surface area contributed by atoms with Crippen molar-refractivity contribution in [2.75, 3.05) is 7.11 Å². The van der Waals surface area contributed by atoms with Gasteiger partial charge in [-0.1, -0.05) is 30.4 Å². The lowest BCUT2D eigenvalue weighted by molar-refractivity contribution is 0.415. The third-order valence-corrected chi connectivity index (χ3v) is 3.23. The number of hydrogen-bond donors (Lipinski definition) is 0. The summed E-state index contributed by atoms with van der Waals surface area (Å²) in [4.78, 5) is 0. The molecule has 1 nitrogen and oxygen atoms in total. The van der Waals surface area contributed by atoms with Crippen molar-refractivity contribution in [2.24, 2.45) is 0 Å². The normalized spacial score (nSPS) is 13.8. The van der Waals surface area contributed by atoms with Gasteiger partial charge >= 0.3 is 0 Å². The number of benzene rings is 2. The predicted octanol–water partition coefficient (Wildman–Crippen LogP) is 3.81. The van der Waals surface area contributed by atoms with E-state index in [2.05, 4.69) is 36.4 Å². The van der Waals surface area contributed by atoms with E-state index in [1.165, 1.54) is 21.9 Å². The van der Waals surface area contributed by atoms with E-state index in [9.17, 15) is 0 Å². The minimum absolute atomic E-state index is 0.929. The molecule has 16 heavy (non-hydrogen) atoms. The molecule has 0 amide bonds. The second-order valence-electron chi connectivity index (χ2n) is 4.16. The molecule has 0 saturated carbocycles. The molecule has 0 spiro atoms. The molecule has 0 fully saturated rings. The van der Waals surface area contributed by atoms with Crippen molar-refractivity contribution in [1.29, 1.82) is 0 Å². The van der Waals surface area contributed by atoms with Gasteiger partial charge in [-0.2, -0.15) is 0 Å². The lowest BCUT2D eigenvalue weighted by Gasteiger charge is -2.14. The van der Waals surface area contributed by atoms with Crippen LogP contribution >= 0.6 is 0 Å². The van der Waals surface area contributed by atoms with E-state index in [0.29, 0.717) is 0 Å². The molecule has 0 aliphatic heterocycles. The van der Waals surface area contributed by atoms with Gasteiger partial charge in [0.25, 0.3) is 0 Å². The average molecular weight is 210 g/mol. The van der Waals surface area contributed by atoms with E-state index in [1.54, 1.807) is 7.11 Å². The zero-order chi connectivity index (χ0) is 11.0. The van der Waals surface area contributed by atoms with E-state index in [1.807, 2.05) is 6.07 Å². The number of ether oxygens (including phenoxy) is 1. The average Bonchev–Trinajstić information content (AvgIpc) is 2.38. The van der Waals surface area contributed by atoms with E-state index < -0.39 is 0 Å². The quantitative estimate of drug-likeness (QED) is 0.695. The first-order valence-electron chi connectivity index (χ1n) is 5.64. The Bertz CT molecular complexity index is 567. The van der Waals surface area contributed by atoms with Gasteiger partial charge in [-0.25, -0.2) is 0 Å². The molecule has 0 saturated heterocycles. The van der Waals surface area contributed by atoms with E-state index in [4.69, 9.17) is 4.74 Å². The van der Waals surface area contributed by atoms with Crippen LogP contribution in [0.25, 0.3) is 16.8 Å². The van der Waals surface area contributed by atoms with Gasteiger partial charge in [0.15, 0.2) is 0 Å². The smallest absolute Gasteiger partial charge is 0.119 e. The molecular weight excluding hydrogens is 196 g/mol. The molecule has 0 radical (unpaired) electrons. The molecule has 3 rings (SSSR count). The lowest BCUT2D eigenvalue weighted by Crippen LogP contribution is -1.95. The summed E-state index contributed by atoms with van der Waals surface area (Å²) < 4.78 is 5.25. The summed E-state index contributed by atoms with van der Waals surface area (Å²) in [6, 6.07) is 10.7. The van der Waals surface area contributed by atoms with Gasteiger partial charge in [0.05, 0.1) is 7.11 Å². The highest BCUT2D eigenvalue weighted by Gasteiger charge is 2.08. The molecule has 0 heterocycles. The molecule has 1 heteroatoms. The Hall–Kier alpha value is -1.76. The zero-order valence-corrected chi connectivity index (χ0v) is 9.36. The minimum Gasteiger partial charge on any atom is -0.497 e. The first kappa shape index (κ1) is 9.46. The number of fused-ring (bicyclic) bond motifs is 3. The zero-order valence-electron chi connectivity index (χ0n) is 9.36. The number of aryl methyl sites for hydroxylation is 1. The molecule has 0 N–H and O–H groups in total. The maximum Gasteiger partial charge on any atom is 0.119 e. The second-order valence-corrected chi connectivity index (χ2v) is 4.16. The highest BCUT2D eigenvalue weighted by molar-refractivity contribution is 5.90. The van der Waals surface area contributed by atoms with Crippen LogP contribution in [-0.2, 0) is 6.42 Å². The van der Waals surface area contributed by atoms with Crippen molar-refractivity contribution in [3.8, 4) is 5.75 Å². The molecule has 80 valence electrons. The molecule has 2 aromatic carbocycles. The van der Waals surface area contributed by atoms with Gasteiger partial charge in [-0.05, 0) is 46.9 Å². The van der Waals surface area contributed by atoms with Crippen LogP contribution in [-0.4, -0.2) is 7.11 Å². The van der Waals surface area contributed by atoms with Gasteiger partial charge in [0.2, 0.25) is 0 Å². The summed E-state index contributed by atoms with van der Waals surface area (Å²) >= 11 is 0. The van der Waals surface area contributed by atoms with Gasteiger partial charge in [-0.15, -0.1) is 0 Å². The third kappa shape index (κ3) is 1.40. The van der Waals surface area contributed by atoms with E-state index in [-0.39, 0.29) is 0 Å². The van der Waals surface area contributed by atoms with Gasteiger partial charge < -0.3 is 4.74 Å². The van der Waals surface area contributed by atoms with Crippen molar-refractivity contribution in [1.82, 2.24) is 0 Å². The largest absolute Gasteiger partial charge is 0.497 e. The Morgan fingerprint density at radius 2 is 2.06 bits per heavy atom. The summed E-state index contributed by atoms with van der Waals surface area (Å²) in [6.45, 7) is 0. The van der Waals surface area contributed by atoms with Crippen molar-refractivity contribution in [2.45, 2.75) is 12.8 Å². The molecule has 0 unspecified atom stereocenters. The third-order valence-electron chi connectivity index (χ3n) is 3.23. The number of rotatable bonds is 1. The topological polar surface area (TPSA) is 9.23 Å².